The molecule has 0 atom stereocenters. The molecule has 2 nitrogen and oxygen atoms in total. The fourth-order valence-electron chi connectivity index (χ4n) is 1.52. The first-order valence-electron chi connectivity index (χ1n) is 4.36. The lowest BCUT2D eigenvalue weighted by Crippen LogP contribution is -2.39. The van der Waals surface area contributed by atoms with E-state index in [9.17, 15) is 4.79 Å². The van der Waals surface area contributed by atoms with Gasteiger partial charge >= 0.3 is 0 Å². The molecule has 1 rings (SSSR count). The van der Waals surface area contributed by atoms with Gasteiger partial charge in [-0.05, 0) is 12.8 Å². The normalized spacial score (nSPS) is 19.6. The Labute approximate surface area is 84.3 Å². The Bertz CT molecular complexity index is 155. The summed E-state index contributed by atoms with van der Waals surface area (Å²) in [6.45, 7) is 0. The summed E-state index contributed by atoms with van der Waals surface area (Å²) in [5.41, 5.74) is 0. The molecule has 0 bridgehead atoms. The number of hydrogen-bond acceptors (Lipinski definition) is 3. The molecule has 1 saturated carbocycles. The van der Waals surface area contributed by atoms with Crippen molar-refractivity contribution in [3.8, 4) is 0 Å². The monoisotopic (exact) mass is 205 g/mol. The van der Waals surface area contributed by atoms with Crippen molar-refractivity contribution in [2.45, 2.75) is 42.7 Å². The number of thiol groups is 2. The van der Waals surface area contributed by atoms with Gasteiger partial charge in [-0.3, -0.25) is 4.79 Å². The zero-order valence-electron chi connectivity index (χ0n) is 6.99. The zero-order chi connectivity index (χ0) is 8.97. The van der Waals surface area contributed by atoms with E-state index in [1.807, 2.05) is 0 Å². The predicted molar refractivity (Wildman–Crippen MR) is 56.8 cm³/mol. The highest BCUT2D eigenvalue weighted by molar-refractivity contribution is 8.00. The van der Waals surface area contributed by atoms with E-state index in [0.717, 1.165) is 12.8 Å². The molecule has 0 aromatic rings. The fourth-order valence-corrected chi connectivity index (χ4v) is 1.67. The van der Waals surface area contributed by atoms with Crippen LogP contribution in [0.3, 0.4) is 0 Å². The molecule has 70 valence electrons. The number of carbonyl (C=O) groups excluding carboxylic acids is 1. The van der Waals surface area contributed by atoms with Crippen molar-refractivity contribution in [2.75, 3.05) is 0 Å². The Balaban J connectivity index is 2.24. The number of carbonyl (C=O) groups is 1. The fraction of sp³-hybridized carbons (Fsp3) is 0.875. The number of rotatable bonds is 2. The van der Waals surface area contributed by atoms with Crippen LogP contribution in [0.15, 0.2) is 0 Å². The Hall–Kier alpha value is 0.170. The van der Waals surface area contributed by atoms with E-state index in [1.54, 1.807) is 0 Å². The van der Waals surface area contributed by atoms with E-state index in [0.29, 0.717) is 6.04 Å². The van der Waals surface area contributed by atoms with E-state index in [4.69, 9.17) is 0 Å². The van der Waals surface area contributed by atoms with Crippen LogP contribution in [0, 0.1) is 0 Å². The first kappa shape index (κ1) is 10.3. The molecule has 1 aliphatic carbocycles. The van der Waals surface area contributed by atoms with Crippen molar-refractivity contribution in [3.05, 3.63) is 0 Å². The standard InChI is InChI=1S/C8H15NOS2/c10-7(8(11)12)9-6-4-2-1-3-5-6/h6,8,11-12H,1-5H2,(H,9,10). The molecular formula is C8H15NOS2. The molecule has 12 heavy (non-hydrogen) atoms. The van der Waals surface area contributed by atoms with Crippen LogP contribution >= 0.6 is 25.3 Å². The topological polar surface area (TPSA) is 29.1 Å². The summed E-state index contributed by atoms with van der Waals surface area (Å²) >= 11 is 7.89. The average molecular weight is 205 g/mol. The maximum absolute atomic E-state index is 11.1. The van der Waals surface area contributed by atoms with Gasteiger partial charge in [-0.25, -0.2) is 0 Å². The first-order valence-corrected chi connectivity index (χ1v) is 5.40. The summed E-state index contributed by atoms with van der Waals surface area (Å²) in [5.74, 6) is -0.0615. The summed E-state index contributed by atoms with van der Waals surface area (Å²) in [6, 6.07) is 0.369. The molecule has 1 amide bonds. The quantitative estimate of drug-likeness (QED) is 0.464. The van der Waals surface area contributed by atoms with Crippen molar-refractivity contribution in [1.29, 1.82) is 0 Å². The molecule has 0 aliphatic heterocycles. The molecule has 1 aliphatic rings. The van der Waals surface area contributed by atoms with Gasteiger partial charge in [-0.15, -0.1) is 0 Å². The Morgan fingerprint density at radius 2 is 1.83 bits per heavy atom. The number of hydrogen-bond donors (Lipinski definition) is 3. The van der Waals surface area contributed by atoms with E-state index in [-0.39, 0.29) is 5.91 Å². The van der Waals surface area contributed by atoms with Crippen LogP contribution in [-0.4, -0.2) is 16.5 Å². The average Bonchev–Trinajstić information content (AvgIpc) is 2.06. The largest absolute Gasteiger partial charge is 0.352 e. The minimum absolute atomic E-state index is 0.0615. The predicted octanol–water partition coefficient (Wildman–Crippen LogP) is 1.62. The summed E-state index contributed by atoms with van der Waals surface area (Å²) < 4.78 is -0.480. The lowest BCUT2D eigenvalue weighted by atomic mass is 9.95. The van der Waals surface area contributed by atoms with Gasteiger partial charge in [0, 0.05) is 6.04 Å². The highest BCUT2D eigenvalue weighted by Crippen LogP contribution is 2.17. The number of nitrogens with one attached hydrogen (secondary N) is 1. The van der Waals surface area contributed by atoms with Gasteiger partial charge in [-0.1, -0.05) is 19.3 Å². The third kappa shape index (κ3) is 3.27. The molecule has 4 heteroatoms. The van der Waals surface area contributed by atoms with Gasteiger partial charge in [0.05, 0.1) is 0 Å². The SMILES string of the molecule is O=C(NC1CCCCC1)C(S)S. The van der Waals surface area contributed by atoms with Crippen molar-refractivity contribution in [2.24, 2.45) is 0 Å². The van der Waals surface area contributed by atoms with E-state index in [1.165, 1.54) is 19.3 Å². The molecular weight excluding hydrogens is 190 g/mol. The second-order valence-electron chi connectivity index (χ2n) is 3.22. The zero-order valence-corrected chi connectivity index (χ0v) is 8.78. The molecule has 1 fully saturated rings. The van der Waals surface area contributed by atoms with Crippen LogP contribution in [-0.2, 0) is 4.79 Å². The van der Waals surface area contributed by atoms with Crippen LogP contribution < -0.4 is 5.32 Å². The van der Waals surface area contributed by atoms with Crippen LogP contribution in [0.25, 0.3) is 0 Å². The van der Waals surface area contributed by atoms with Gasteiger partial charge in [0.1, 0.15) is 4.58 Å². The Morgan fingerprint density at radius 3 is 2.33 bits per heavy atom. The van der Waals surface area contributed by atoms with Crippen molar-refractivity contribution in [3.63, 3.8) is 0 Å². The Morgan fingerprint density at radius 1 is 1.25 bits per heavy atom. The van der Waals surface area contributed by atoms with Crippen LogP contribution in [0.4, 0.5) is 0 Å². The van der Waals surface area contributed by atoms with Gasteiger partial charge in [0.25, 0.3) is 0 Å². The van der Waals surface area contributed by atoms with Crippen molar-refractivity contribution in [1.82, 2.24) is 5.32 Å². The summed E-state index contributed by atoms with van der Waals surface area (Å²) in [4.78, 5) is 11.1. The molecule has 0 unspecified atom stereocenters. The van der Waals surface area contributed by atoms with E-state index >= 15 is 0 Å². The molecule has 1 N–H and O–H groups in total. The van der Waals surface area contributed by atoms with Crippen LogP contribution in [0.2, 0.25) is 0 Å². The smallest absolute Gasteiger partial charge is 0.242 e. The highest BCUT2D eigenvalue weighted by atomic mass is 32.2. The van der Waals surface area contributed by atoms with Crippen LogP contribution in [0.5, 0.6) is 0 Å². The second kappa shape index (κ2) is 5.02. The third-order valence-electron chi connectivity index (χ3n) is 2.19. The minimum atomic E-state index is -0.480. The Kier molecular flexibility index (Phi) is 4.29. The lowest BCUT2D eigenvalue weighted by molar-refractivity contribution is -0.120. The van der Waals surface area contributed by atoms with Gasteiger partial charge in [0.15, 0.2) is 0 Å². The summed E-state index contributed by atoms with van der Waals surface area (Å²) in [6.07, 6.45) is 5.99. The lowest BCUT2D eigenvalue weighted by Gasteiger charge is -2.23. The van der Waals surface area contributed by atoms with E-state index in [2.05, 4.69) is 30.6 Å². The van der Waals surface area contributed by atoms with Crippen LogP contribution in [0.1, 0.15) is 32.1 Å². The van der Waals surface area contributed by atoms with Gasteiger partial charge in [0.2, 0.25) is 5.91 Å². The molecule has 0 aromatic carbocycles. The number of amides is 1. The van der Waals surface area contributed by atoms with Gasteiger partial charge < -0.3 is 5.32 Å². The highest BCUT2D eigenvalue weighted by Gasteiger charge is 2.17. The molecule has 0 heterocycles. The minimum Gasteiger partial charge on any atom is -0.352 e. The van der Waals surface area contributed by atoms with E-state index < -0.39 is 4.58 Å². The maximum atomic E-state index is 11.1. The van der Waals surface area contributed by atoms with Crippen molar-refractivity contribution >= 4 is 31.2 Å². The maximum Gasteiger partial charge on any atom is 0.242 e. The molecule has 0 spiro atoms. The third-order valence-corrected chi connectivity index (χ3v) is 2.66. The summed E-state index contributed by atoms with van der Waals surface area (Å²) in [7, 11) is 0. The summed E-state index contributed by atoms with van der Waals surface area (Å²) in [5, 5.41) is 2.93. The first-order chi connectivity index (χ1) is 5.70. The second-order valence-corrected chi connectivity index (χ2v) is 4.66. The molecule has 0 radical (unpaired) electrons. The molecule has 0 saturated heterocycles. The van der Waals surface area contributed by atoms with Crippen molar-refractivity contribution < 1.29 is 4.79 Å². The van der Waals surface area contributed by atoms with Gasteiger partial charge in [-0.2, -0.15) is 25.3 Å². The molecule has 0 aromatic heterocycles.